The highest BCUT2D eigenvalue weighted by Gasteiger charge is 2.26. The summed E-state index contributed by atoms with van der Waals surface area (Å²) in [6.45, 7) is 0.919. The first-order valence-electron chi connectivity index (χ1n) is 4.15. The average Bonchev–Trinajstić information content (AvgIpc) is 2.75. The first kappa shape index (κ1) is 13.7. The number of hydrogen-bond acceptors (Lipinski definition) is 3. The topological polar surface area (TPSA) is 49.9 Å². The van der Waals surface area contributed by atoms with Gasteiger partial charge in [-0.1, -0.05) is 0 Å². The normalized spacial score (nSPS) is 25.2. The van der Waals surface area contributed by atoms with Gasteiger partial charge in [0.25, 0.3) is 0 Å². The highest BCUT2D eigenvalue weighted by Crippen LogP contribution is 2.21. The largest absolute Gasteiger partial charge is 0.380 e. The number of aromatic amines is 1. The van der Waals surface area contributed by atoms with Crippen molar-refractivity contribution < 1.29 is 4.74 Å². The number of imidazole rings is 1. The molecule has 6 heteroatoms. The van der Waals surface area contributed by atoms with Crippen molar-refractivity contribution in [3.63, 3.8) is 0 Å². The molecule has 0 saturated carbocycles. The van der Waals surface area contributed by atoms with Crippen LogP contribution in [0.1, 0.15) is 18.3 Å². The summed E-state index contributed by atoms with van der Waals surface area (Å²) < 4.78 is 5.24. The third-order valence-corrected chi connectivity index (χ3v) is 2.27. The van der Waals surface area contributed by atoms with Gasteiger partial charge in [-0.2, -0.15) is 0 Å². The predicted octanol–water partition coefficient (Wildman–Crippen LogP) is 1.30. The van der Waals surface area contributed by atoms with Gasteiger partial charge in [0, 0.05) is 26.0 Å². The fraction of sp³-hybridized carbons (Fsp3) is 0.625. The average molecular weight is 240 g/mol. The number of halogens is 2. The van der Waals surface area contributed by atoms with Gasteiger partial charge in [-0.15, -0.1) is 24.8 Å². The molecular formula is C8H15Cl2N3O. The molecule has 0 unspecified atom stereocenters. The SMILES string of the molecule is CO[C@H]1CN[C@H](c2ncc[nH]2)C1.Cl.Cl. The van der Waals surface area contributed by atoms with Crippen molar-refractivity contribution in [1.82, 2.24) is 15.3 Å². The molecule has 0 aliphatic carbocycles. The maximum absolute atomic E-state index is 5.24. The number of methoxy groups -OCH3 is 1. The number of hydrogen-bond donors (Lipinski definition) is 2. The summed E-state index contributed by atoms with van der Waals surface area (Å²) in [5.74, 6) is 1.01. The maximum atomic E-state index is 5.24. The minimum Gasteiger partial charge on any atom is -0.380 e. The Bertz CT molecular complexity index is 243. The van der Waals surface area contributed by atoms with Gasteiger partial charge in [0.05, 0.1) is 12.1 Å². The zero-order valence-electron chi connectivity index (χ0n) is 7.90. The van der Waals surface area contributed by atoms with E-state index in [1.807, 2.05) is 6.20 Å². The third-order valence-electron chi connectivity index (χ3n) is 2.27. The molecule has 0 bridgehead atoms. The lowest BCUT2D eigenvalue weighted by molar-refractivity contribution is 0.117. The molecule has 2 atom stereocenters. The number of nitrogens with one attached hydrogen (secondary N) is 2. The van der Waals surface area contributed by atoms with E-state index in [1.54, 1.807) is 13.3 Å². The van der Waals surface area contributed by atoms with Gasteiger partial charge in [-0.05, 0) is 6.42 Å². The minimum absolute atomic E-state index is 0. The van der Waals surface area contributed by atoms with Crippen molar-refractivity contribution in [2.45, 2.75) is 18.6 Å². The summed E-state index contributed by atoms with van der Waals surface area (Å²) in [4.78, 5) is 7.29. The molecular weight excluding hydrogens is 225 g/mol. The second-order valence-corrected chi connectivity index (χ2v) is 3.03. The van der Waals surface area contributed by atoms with Crippen LogP contribution < -0.4 is 5.32 Å². The Kier molecular flexibility index (Phi) is 6.11. The van der Waals surface area contributed by atoms with Gasteiger partial charge < -0.3 is 15.0 Å². The van der Waals surface area contributed by atoms with E-state index in [9.17, 15) is 0 Å². The second kappa shape index (κ2) is 6.24. The summed E-state index contributed by atoms with van der Waals surface area (Å²) in [7, 11) is 1.75. The molecule has 82 valence electrons. The molecule has 0 radical (unpaired) electrons. The maximum Gasteiger partial charge on any atom is 0.123 e. The van der Waals surface area contributed by atoms with Crippen LogP contribution in [-0.2, 0) is 4.74 Å². The Labute approximate surface area is 95.6 Å². The number of ether oxygens (including phenoxy) is 1. The monoisotopic (exact) mass is 239 g/mol. The Hall–Kier alpha value is -0.290. The highest BCUT2D eigenvalue weighted by atomic mass is 35.5. The smallest absolute Gasteiger partial charge is 0.123 e. The van der Waals surface area contributed by atoms with Crippen LogP contribution in [0.2, 0.25) is 0 Å². The quantitative estimate of drug-likeness (QED) is 0.819. The summed E-state index contributed by atoms with van der Waals surface area (Å²) in [6.07, 6.45) is 4.96. The molecule has 14 heavy (non-hydrogen) atoms. The molecule has 1 aliphatic rings. The lowest BCUT2D eigenvalue weighted by Crippen LogP contribution is -2.16. The molecule has 0 amide bonds. The Morgan fingerprint density at radius 2 is 2.29 bits per heavy atom. The number of rotatable bonds is 2. The third kappa shape index (κ3) is 2.85. The van der Waals surface area contributed by atoms with Crippen LogP contribution in [0.4, 0.5) is 0 Å². The predicted molar refractivity (Wildman–Crippen MR) is 59.2 cm³/mol. The van der Waals surface area contributed by atoms with Gasteiger partial charge in [0.15, 0.2) is 0 Å². The number of aromatic nitrogens is 2. The number of nitrogens with zero attached hydrogens (tertiary/aromatic N) is 1. The Morgan fingerprint density at radius 1 is 1.50 bits per heavy atom. The summed E-state index contributed by atoms with van der Waals surface area (Å²) in [5.41, 5.74) is 0. The molecule has 0 aromatic carbocycles. The van der Waals surface area contributed by atoms with Gasteiger partial charge in [0.1, 0.15) is 5.82 Å². The fourth-order valence-electron chi connectivity index (χ4n) is 1.56. The van der Waals surface area contributed by atoms with Crippen molar-refractivity contribution in [1.29, 1.82) is 0 Å². The molecule has 1 aliphatic heterocycles. The van der Waals surface area contributed by atoms with Gasteiger partial charge >= 0.3 is 0 Å². The van der Waals surface area contributed by atoms with Crippen LogP contribution in [0.15, 0.2) is 12.4 Å². The minimum atomic E-state index is 0. The molecule has 0 spiro atoms. The standard InChI is InChI=1S/C8H13N3O.2ClH/c1-12-6-4-7(11-5-6)8-9-2-3-10-8;;/h2-3,6-7,11H,4-5H2,1H3,(H,9,10);2*1H/t6-,7+;;/m1../s1. The van der Waals surface area contributed by atoms with Crippen molar-refractivity contribution in [3.05, 3.63) is 18.2 Å². The van der Waals surface area contributed by atoms with Gasteiger partial charge in [-0.3, -0.25) is 0 Å². The van der Waals surface area contributed by atoms with Crippen LogP contribution in [0.25, 0.3) is 0 Å². The van der Waals surface area contributed by atoms with Crippen LogP contribution in [0.5, 0.6) is 0 Å². The van der Waals surface area contributed by atoms with Crippen molar-refractivity contribution in [3.8, 4) is 0 Å². The first-order chi connectivity index (χ1) is 5.90. The van der Waals surface area contributed by atoms with Crippen LogP contribution in [0.3, 0.4) is 0 Å². The molecule has 2 N–H and O–H groups in total. The van der Waals surface area contributed by atoms with E-state index in [4.69, 9.17) is 4.74 Å². The highest BCUT2D eigenvalue weighted by molar-refractivity contribution is 5.85. The van der Waals surface area contributed by atoms with E-state index in [0.29, 0.717) is 12.1 Å². The van der Waals surface area contributed by atoms with E-state index in [1.165, 1.54) is 0 Å². The van der Waals surface area contributed by atoms with Crippen LogP contribution in [-0.4, -0.2) is 29.7 Å². The molecule has 2 rings (SSSR count). The van der Waals surface area contributed by atoms with Crippen molar-refractivity contribution in [2.75, 3.05) is 13.7 Å². The molecule has 1 aromatic heterocycles. The van der Waals surface area contributed by atoms with Crippen molar-refractivity contribution >= 4 is 24.8 Å². The van der Waals surface area contributed by atoms with E-state index in [2.05, 4.69) is 15.3 Å². The van der Waals surface area contributed by atoms with E-state index < -0.39 is 0 Å². The second-order valence-electron chi connectivity index (χ2n) is 3.03. The Balaban J connectivity index is 0.000000845. The molecule has 1 aromatic rings. The van der Waals surface area contributed by atoms with Crippen LogP contribution in [0, 0.1) is 0 Å². The summed E-state index contributed by atoms with van der Waals surface area (Å²) in [5, 5.41) is 3.34. The van der Waals surface area contributed by atoms with Crippen molar-refractivity contribution in [2.24, 2.45) is 0 Å². The summed E-state index contributed by atoms with van der Waals surface area (Å²) >= 11 is 0. The lowest BCUT2D eigenvalue weighted by Gasteiger charge is -2.05. The van der Waals surface area contributed by atoms with E-state index in [-0.39, 0.29) is 24.8 Å². The zero-order chi connectivity index (χ0) is 8.39. The molecule has 4 nitrogen and oxygen atoms in total. The Morgan fingerprint density at radius 3 is 2.79 bits per heavy atom. The first-order valence-corrected chi connectivity index (χ1v) is 4.15. The van der Waals surface area contributed by atoms with Gasteiger partial charge in [-0.25, -0.2) is 4.98 Å². The number of H-pyrrole nitrogens is 1. The molecule has 1 saturated heterocycles. The lowest BCUT2D eigenvalue weighted by atomic mass is 10.2. The molecule has 1 fully saturated rings. The summed E-state index contributed by atoms with van der Waals surface area (Å²) in [6, 6.07) is 0.338. The molecule has 2 heterocycles. The van der Waals surface area contributed by atoms with E-state index in [0.717, 1.165) is 18.8 Å². The zero-order valence-corrected chi connectivity index (χ0v) is 9.53. The van der Waals surface area contributed by atoms with Crippen LogP contribution >= 0.6 is 24.8 Å². The van der Waals surface area contributed by atoms with Gasteiger partial charge in [0.2, 0.25) is 0 Å². The fourth-order valence-corrected chi connectivity index (χ4v) is 1.56. The van der Waals surface area contributed by atoms with E-state index >= 15 is 0 Å².